The maximum absolute atomic E-state index is 13.8. The Hall–Kier alpha value is -3.39. The van der Waals surface area contributed by atoms with E-state index in [1.54, 1.807) is 41.5 Å². The van der Waals surface area contributed by atoms with Crippen molar-refractivity contribution in [2.45, 2.75) is 12.5 Å². The fourth-order valence-electron chi connectivity index (χ4n) is 3.02. The molecule has 1 atom stereocenters. The molecule has 0 saturated carbocycles. The van der Waals surface area contributed by atoms with Gasteiger partial charge >= 0.3 is 0 Å². The lowest BCUT2D eigenvalue weighted by atomic mass is 10.1. The molecule has 0 aliphatic rings. The third kappa shape index (κ3) is 4.38. The Labute approximate surface area is 171 Å². The maximum atomic E-state index is 13.8. The number of nitrogens with zero attached hydrogens (tertiary/aromatic N) is 4. The summed E-state index contributed by atoms with van der Waals surface area (Å²) < 4.78 is 15.6. The number of pyridine rings is 1. The Morgan fingerprint density at radius 3 is 2.90 bits per heavy atom. The van der Waals surface area contributed by atoms with Crippen molar-refractivity contribution in [1.82, 2.24) is 24.8 Å². The molecule has 0 aliphatic carbocycles. The Balaban J connectivity index is 1.53. The molecule has 0 spiro atoms. The second-order valence-electron chi connectivity index (χ2n) is 6.51. The smallest absolute Gasteiger partial charge is 0.226 e. The van der Waals surface area contributed by atoms with Crippen molar-refractivity contribution in [3.63, 3.8) is 0 Å². The van der Waals surface area contributed by atoms with Gasteiger partial charge in [-0.3, -0.25) is 9.78 Å². The molecule has 1 amide bonds. The zero-order valence-corrected chi connectivity index (χ0v) is 16.4. The van der Waals surface area contributed by atoms with Gasteiger partial charge in [0.25, 0.3) is 0 Å². The number of hydrogen-bond donors (Lipinski definition) is 1. The van der Waals surface area contributed by atoms with Crippen molar-refractivity contribution in [3.8, 4) is 10.6 Å². The Bertz CT molecular complexity index is 1120. The highest BCUT2D eigenvalue weighted by Gasteiger charge is 2.22. The minimum atomic E-state index is -0.561. The first-order valence-electron chi connectivity index (χ1n) is 8.97. The van der Waals surface area contributed by atoms with Crippen molar-refractivity contribution < 1.29 is 9.18 Å². The van der Waals surface area contributed by atoms with Crippen LogP contribution < -0.4 is 5.32 Å². The summed E-state index contributed by atoms with van der Waals surface area (Å²) in [4.78, 5) is 25.7. The van der Waals surface area contributed by atoms with Gasteiger partial charge in [-0.2, -0.15) is 0 Å². The molecule has 0 fully saturated rings. The molecule has 1 aromatic carbocycles. The third-order valence-electron chi connectivity index (χ3n) is 4.41. The second-order valence-corrected chi connectivity index (χ2v) is 7.37. The van der Waals surface area contributed by atoms with Gasteiger partial charge < -0.3 is 9.88 Å². The fraction of sp³-hybridized carbons (Fsp3) is 0.143. The molecule has 0 saturated heterocycles. The Morgan fingerprint density at radius 2 is 2.17 bits per heavy atom. The van der Waals surface area contributed by atoms with E-state index >= 15 is 0 Å². The van der Waals surface area contributed by atoms with E-state index < -0.39 is 6.04 Å². The predicted molar refractivity (Wildman–Crippen MR) is 109 cm³/mol. The van der Waals surface area contributed by atoms with E-state index in [9.17, 15) is 9.18 Å². The normalized spacial score (nSPS) is 11.9. The average molecular weight is 407 g/mol. The molecule has 0 radical (unpaired) electrons. The lowest BCUT2D eigenvalue weighted by Crippen LogP contribution is -2.32. The van der Waals surface area contributed by atoms with Gasteiger partial charge in [-0.1, -0.05) is 12.1 Å². The molecule has 4 aromatic rings. The summed E-state index contributed by atoms with van der Waals surface area (Å²) in [5, 5.41) is 5.64. The van der Waals surface area contributed by atoms with E-state index in [4.69, 9.17) is 0 Å². The van der Waals surface area contributed by atoms with E-state index in [2.05, 4.69) is 20.3 Å². The van der Waals surface area contributed by atoms with Crippen LogP contribution in [0.15, 0.2) is 66.6 Å². The van der Waals surface area contributed by atoms with Gasteiger partial charge in [0.2, 0.25) is 5.91 Å². The molecule has 0 aliphatic heterocycles. The number of amides is 1. The van der Waals surface area contributed by atoms with Crippen LogP contribution in [0.4, 0.5) is 4.39 Å². The van der Waals surface area contributed by atoms with E-state index in [1.807, 2.05) is 24.6 Å². The van der Waals surface area contributed by atoms with Crippen LogP contribution in [-0.2, 0) is 18.3 Å². The minimum Gasteiger partial charge on any atom is -0.342 e. The molecule has 3 heterocycles. The van der Waals surface area contributed by atoms with Crippen LogP contribution in [0.5, 0.6) is 0 Å². The quantitative estimate of drug-likeness (QED) is 0.531. The number of halogens is 1. The van der Waals surface area contributed by atoms with Crippen molar-refractivity contribution >= 4 is 17.2 Å². The van der Waals surface area contributed by atoms with Gasteiger partial charge in [0.1, 0.15) is 22.7 Å². The van der Waals surface area contributed by atoms with E-state index in [1.165, 1.54) is 23.5 Å². The summed E-state index contributed by atoms with van der Waals surface area (Å²) in [6, 6.07) is 9.38. The molecular weight excluding hydrogens is 389 g/mol. The lowest BCUT2D eigenvalue weighted by molar-refractivity contribution is -0.121. The number of thiazole rings is 1. The van der Waals surface area contributed by atoms with Crippen molar-refractivity contribution in [1.29, 1.82) is 0 Å². The molecule has 0 bridgehead atoms. The zero-order valence-electron chi connectivity index (χ0n) is 15.6. The summed E-state index contributed by atoms with van der Waals surface area (Å²) in [5.74, 6) is 0.0418. The predicted octanol–water partition coefficient (Wildman–Crippen LogP) is 3.53. The number of rotatable bonds is 6. The van der Waals surface area contributed by atoms with Gasteiger partial charge in [-0.05, 0) is 29.8 Å². The van der Waals surface area contributed by atoms with Crippen LogP contribution in [0.25, 0.3) is 10.6 Å². The highest BCUT2D eigenvalue weighted by Crippen LogP contribution is 2.24. The van der Waals surface area contributed by atoms with Crippen molar-refractivity contribution in [3.05, 3.63) is 89.5 Å². The summed E-state index contributed by atoms with van der Waals surface area (Å²) in [5.41, 5.74) is 2.21. The third-order valence-corrected chi connectivity index (χ3v) is 5.35. The second kappa shape index (κ2) is 8.32. The molecule has 1 unspecified atom stereocenters. The van der Waals surface area contributed by atoms with Crippen molar-refractivity contribution in [2.75, 3.05) is 0 Å². The number of aromatic nitrogens is 4. The number of nitrogens with one attached hydrogen (secondary N) is 1. The highest BCUT2D eigenvalue weighted by molar-refractivity contribution is 7.13. The number of benzene rings is 1. The minimum absolute atomic E-state index is 0.118. The van der Waals surface area contributed by atoms with Crippen LogP contribution in [0, 0.1) is 5.82 Å². The first-order chi connectivity index (χ1) is 14.1. The first kappa shape index (κ1) is 18.9. The molecular formula is C21H18FN5OS. The van der Waals surface area contributed by atoms with E-state index in [0.29, 0.717) is 17.1 Å². The summed E-state index contributed by atoms with van der Waals surface area (Å²) in [7, 11) is 1.83. The van der Waals surface area contributed by atoms with Crippen LogP contribution in [-0.4, -0.2) is 25.4 Å². The van der Waals surface area contributed by atoms with Crippen LogP contribution in [0.1, 0.15) is 23.1 Å². The monoisotopic (exact) mass is 407 g/mol. The lowest BCUT2D eigenvalue weighted by Gasteiger charge is -2.19. The van der Waals surface area contributed by atoms with Gasteiger partial charge in [0.05, 0.1) is 12.1 Å². The SMILES string of the molecule is Cn1ccnc1C(NC(=O)Cc1csc(-c2cccnc2)n1)c1cccc(F)c1. The molecule has 4 rings (SSSR count). The summed E-state index contributed by atoms with van der Waals surface area (Å²) in [6.45, 7) is 0. The number of imidazole rings is 1. The molecule has 146 valence electrons. The highest BCUT2D eigenvalue weighted by atomic mass is 32.1. The fourth-order valence-corrected chi connectivity index (χ4v) is 3.84. The maximum Gasteiger partial charge on any atom is 0.226 e. The van der Waals surface area contributed by atoms with E-state index in [0.717, 1.165) is 10.6 Å². The Morgan fingerprint density at radius 1 is 1.28 bits per heavy atom. The summed E-state index contributed by atoms with van der Waals surface area (Å²) >= 11 is 1.46. The van der Waals surface area contributed by atoms with Gasteiger partial charge in [0.15, 0.2) is 0 Å². The number of aryl methyl sites for hydroxylation is 1. The molecule has 29 heavy (non-hydrogen) atoms. The van der Waals surface area contributed by atoms with Crippen LogP contribution in [0.3, 0.4) is 0 Å². The van der Waals surface area contributed by atoms with Gasteiger partial charge in [-0.15, -0.1) is 11.3 Å². The van der Waals surface area contributed by atoms with Crippen molar-refractivity contribution in [2.24, 2.45) is 7.05 Å². The number of carbonyl (C=O) groups is 1. The topological polar surface area (TPSA) is 72.7 Å². The summed E-state index contributed by atoms with van der Waals surface area (Å²) in [6.07, 6.45) is 7.00. The largest absolute Gasteiger partial charge is 0.342 e. The molecule has 3 aromatic heterocycles. The average Bonchev–Trinajstić information content (AvgIpc) is 3.36. The molecule has 6 nitrogen and oxygen atoms in total. The van der Waals surface area contributed by atoms with Crippen LogP contribution in [0.2, 0.25) is 0 Å². The van der Waals surface area contributed by atoms with Gasteiger partial charge in [-0.25, -0.2) is 14.4 Å². The van der Waals surface area contributed by atoms with Gasteiger partial charge in [0, 0.05) is 42.8 Å². The number of hydrogen-bond acceptors (Lipinski definition) is 5. The Kier molecular flexibility index (Phi) is 5.44. The first-order valence-corrected chi connectivity index (χ1v) is 9.85. The number of carbonyl (C=O) groups excluding carboxylic acids is 1. The molecule has 8 heteroatoms. The zero-order chi connectivity index (χ0) is 20.2. The van der Waals surface area contributed by atoms with E-state index in [-0.39, 0.29) is 18.1 Å². The standard InChI is InChI=1S/C21H18FN5OS/c1-27-9-8-24-20(27)19(14-4-2-6-16(22)10-14)26-18(28)11-17-13-29-21(25-17)15-5-3-7-23-12-15/h2-10,12-13,19H,11H2,1H3,(H,26,28). The molecule has 1 N–H and O–H groups in total. The van der Waals surface area contributed by atoms with Crippen LogP contribution >= 0.6 is 11.3 Å².